The van der Waals surface area contributed by atoms with Crippen LogP contribution in [0.25, 0.3) is 5.65 Å². The van der Waals surface area contributed by atoms with Gasteiger partial charge in [-0.15, -0.1) is 5.10 Å². The van der Waals surface area contributed by atoms with Crippen LogP contribution < -0.4 is 21.3 Å². The second kappa shape index (κ2) is 12.6. The van der Waals surface area contributed by atoms with Crippen molar-refractivity contribution < 1.29 is 14.7 Å². The van der Waals surface area contributed by atoms with E-state index in [-0.39, 0.29) is 41.9 Å². The minimum absolute atomic E-state index is 0.0289. The molecule has 0 spiro atoms. The van der Waals surface area contributed by atoms with Gasteiger partial charge in [0.05, 0.1) is 31.1 Å². The zero-order chi connectivity index (χ0) is 28.8. The van der Waals surface area contributed by atoms with E-state index in [2.05, 4.69) is 41.4 Å². The van der Waals surface area contributed by atoms with E-state index in [1.54, 1.807) is 29.1 Å². The highest BCUT2D eigenvalue weighted by atomic mass is 35.5. The number of fused-ring (bicyclic) bond motifs is 1. The summed E-state index contributed by atoms with van der Waals surface area (Å²) in [6.07, 6.45) is 7.62. The number of hydrogen-bond acceptors (Lipinski definition) is 10. The predicted molar refractivity (Wildman–Crippen MR) is 151 cm³/mol. The van der Waals surface area contributed by atoms with Gasteiger partial charge in [0.2, 0.25) is 5.91 Å². The molecule has 4 aromatic rings. The van der Waals surface area contributed by atoms with E-state index in [1.165, 1.54) is 23.0 Å². The lowest BCUT2D eigenvalue weighted by molar-refractivity contribution is -0.121. The quantitative estimate of drug-likeness (QED) is 0.175. The number of pyridine rings is 1. The Kier molecular flexibility index (Phi) is 8.56. The van der Waals surface area contributed by atoms with Crippen LogP contribution in [0.4, 0.5) is 23.0 Å². The SMILES string of the molecule is N#CCC(=O)N[C@H]1CC[C@H](Nc2cc(Nc3ccn(CCO)n3)c3ncc(C(=O)Nc4ccnc(Cl)c4)n3n2)CC1. The number of amides is 2. The lowest BCUT2D eigenvalue weighted by Crippen LogP contribution is -2.40. The average molecular weight is 578 g/mol. The maximum absolute atomic E-state index is 13.2. The molecule has 1 saturated carbocycles. The Balaban J connectivity index is 1.39. The number of aliphatic hydroxyl groups is 1. The normalized spacial score (nSPS) is 16.6. The molecule has 1 aliphatic rings. The zero-order valence-corrected chi connectivity index (χ0v) is 22.7. The molecule has 0 aromatic carbocycles. The summed E-state index contributed by atoms with van der Waals surface area (Å²) in [5.41, 5.74) is 1.66. The summed E-state index contributed by atoms with van der Waals surface area (Å²) in [4.78, 5) is 33.4. The molecule has 14 nitrogen and oxygen atoms in total. The van der Waals surface area contributed by atoms with Gasteiger partial charge in [0, 0.05) is 42.3 Å². The number of anilines is 4. The topological polar surface area (TPSA) is 187 Å². The van der Waals surface area contributed by atoms with E-state index in [1.807, 2.05) is 6.07 Å². The van der Waals surface area contributed by atoms with Crippen molar-refractivity contribution in [3.05, 3.63) is 53.7 Å². The van der Waals surface area contributed by atoms with E-state index in [9.17, 15) is 14.7 Å². The highest BCUT2D eigenvalue weighted by molar-refractivity contribution is 6.29. The van der Waals surface area contributed by atoms with E-state index in [0.29, 0.717) is 35.2 Å². The number of nitrogens with one attached hydrogen (secondary N) is 4. The molecule has 0 bridgehead atoms. The van der Waals surface area contributed by atoms with Crippen molar-refractivity contribution in [2.45, 2.75) is 50.7 Å². The summed E-state index contributed by atoms with van der Waals surface area (Å²) >= 11 is 5.96. The number of nitriles is 1. The number of aliphatic hydroxyl groups excluding tert-OH is 1. The van der Waals surface area contributed by atoms with Gasteiger partial charge in [-0.2, -0.15) is 10.4 Å². The van der Waals surface area contributed by atoms with Crippen molar-refractivity contribution in [2.75, 3.05) is 22.6 Å². The van der Waals surface area contributed by atoms with Crippen molar-refractivity contribution in [3.63, 3.8) is 0 Å². The highest BCUT2D eigenvalue weighted by Crippen LogP contribution is 2.27. The third-order valence-electron chi connectivity index (χ3n) is 6.60. The first-order chi connectivity index (χ1) is 19.9. The van der Waals surface area contributed by atoms with Gasteiger partial charge in [-0.3, -0.25) is 14.3 Å². The summed E-state index contributed by atoms with van der Waals surface area (Å²) in [6, 6.07) is 8.72. The molecule has 0 radical (unpaired) electrons. The number of nitrogens with zero attached hydrogens (tertiary/aromatic N) is 7. The Hall–Kier alpha value is -4.74. The smallest absolute Gasteiger partial charge is 0.276 e. The van der Waals surface area contributed by atoms with Crippen molar-refractivity contribution in [1.29, 1.82) is 5.26 Å². The van der Waals surface area contributed by atoms with Gasteiger partial charge >= 0.3 is 0 Å². The number of imidazole rings is 1. The summed E-state index contributed by atoms with van der Waals surface area (Å²) in [7, 11) is 0. The summed E-state index contributed by atoms with van der Waals surface area (Å²) in [5, 5.41) is 39.7. The van der Waals surface area contributed by atoms with Gasteiger partial charge in [-0.05, 0) is 37.8 Å². The lowest BCUT2D eigenvalue weighted by Gasteiger charge is -2.30. The van der Waals surface area contributed by atoms with E-state index < -0.39 is 5.91 Å². The molecule has 4 aromatic heterocycles. The third kappa shape index (κ3) is 6.89. The van der Waals surface area contributed by atoms with Crippen LogP contribution in [0.5, 0.6) is 0 Å². The number of carbonyl (C=O) groups is 2. The highest BCUT2D eigenvalue weighted by Gasteiger charge is 2.24. The van der Waals surface area contributed by atoms with Crippen molar-refractivity contribution in [2.24, 2.45) is 0 Å². The predicted octanol–water partition coefficient (Wildman–Crippen LogP) is 2.72. The van der Waals surface area contributed by atoms with Crippen LogP contribution >= 0.6 is 11.6 Å². The number of rotatable bonds is 10. The Labute approximate surface area is 239 Å². The molecule has 5 N–H and O–H groups in total. The van der Waals surface area contributed by atoms with Crippen LogP contribution in [-0.4, -0.2) is 65.0 Å². The molecule has 4 heterocycles. The molecule has 0 atom stereocenters. The first kappa shape index (κ1) is 27.8. The van der Waals surface area contributed by atoms with Crippen molar-refractivity contribution in [1.82, 2.24) is 34.7 Å². The standard InChI is InChI=1S/C26H28ClN11O3/c27-21-13-18(6-9-29-21)33-26(41)20-15-30-25-19(34-22-7-10-37(35-22)11-12-39)14-23(36-38(20)25)31-16-1-3-17(4-2-16)32-24(40)5-8-28/h6-7,9-10,13-17,39H,1-5,11-12H2,(H,31,36)(H,32,40)(H,34,35)(H,29,33,41)/t16-,17-. The van der Waals surface area contributed by atoms with Crippen LogP contribution in [0.15, 0.2) is 42.9 Å². The largest absolute Gasteiger partial charge is 0.394 e. The molecule has 0 aliphatic heterocycles. The molecular weight excluding hydrogens is 550 g/mol. The zero-order valence-electron chi connectivity index (χ0n) is 21.9. The molecule has 1 fully saturated rings. The monoisotopic (exact) mass is 577 g/mol. The molecule has 2 amide bonds. The van der Waals surface area contributed by atoms with Crippen molar-refractivity contribution >= 4 is 52.1 Å². The van der Waals surface area contributed by atoms with Gasteiger partial charge in [0.25, 0.3) is 5.91 Å². The Morgan fingerprint density at radius 2 is 1.90 bits per heavy atom. The first-order valence-corrected chi connectivity index (χ1v) is 13.5. The number of halogens is 1. The van der Waals surface area contributed by atoms with E-state index >= 15 is 0 Å². The van der Waals surface area contributed by atoms with Gasteiger partial charge < -0.3 is 26.4 Å². The fourth-order valence-corrected chi connectivity index (χ4v) is 4.87. The van der Waals surface area contributed by atoms with Crippen LogP contribution in [0.2, 0.25) is 5.15 Å². The third-order valence-corrected chi connectivity index (χ3v) is 6.81. The van der Waals surface area contributed by atoms with Gasteiger partial charge in [-0.1, -0.05) is 11.6 Å². The molecule has 41 heavy (non-hydrogen) atoms. The molecule has 15 heteroatoms. The minimum atomic E-state index is -0.434. The lowest BCUT2D eigenvalue weighted by atomic mass is 9.91. The number of hydrogen-bond donors (Lipinski definition) is 5. The Morgan fingerprint density at radius 1 is 1.10 bits per heavy atom. The number of carbonyl (C=O) groups excluding carboxylic acids is 2. The van der Waals surface area contributed by atoms with Crippen LogP contribution in [-0.2, 0) is 11.3 Å². The van der Waals surface area contributed by atoms with Crippen LogP contribution in [0.1, 0.15) is 42.6 Å². The van der Waals surface area contributed by atoms with Crippen LogP contribution in [0.3, 0.4) is 0 Å². The van der Waals surface area contributed by atoms with Gasteiger partial charge in [-0.25, -0.2) is 14.5 Å². The molecule has 0 unspecified atom stereocenters. The van der Waals surface area contributed by atoms with Gasteiger partial charge in [0.1, 0.15) is 17.4 Å². The minimum Gasteiger partial charge on any atom is -0.394 e. The average Bonchev–Trinajstić information content (AvgIpc) is 3.57. The van der Waals surface area contributed by atoms with E-state index in [4.69, 9.17) is 16.9 Å². The van der Waals surface area contributed by atoms with Crippen LogP contribution in [0, 0.1) is 11.3 Å². The Morgan fingerprint density at radius 3 is 2.66 bits per heavy atom. The summed E-state index contributed by atoms with van der Waals surface area (Å²) < 4.78 is 3.07. The second-order valence-electron chi connectivity index (χ2n) is 9.55. The molecule has 1 aliphatic carbocycles. The summed E-state index contributed by atoms with van der Waals surface area (Å²) in [5.74, 6) is 0.363. The fourth-order valence-electron chi connectivity index (χ4n) is 4.70. The maximum Gasteiger partial charge on any atom is 0.276 e. The van der Waals surface area contributed by atoms with Gasteiger partial charge in [0.15, 0.2) is 17.2 Å². The fraction of sp³-hybridized carbons (Fsp3) is 0.346. The maximum atomic E-state index is 13.2. The van der Waals surface area contributed by atoms with E-state index in [0.717, 1.165) is 25.7 Å². The number of aromatic nitrogens is 6. The summed E-state index contributed by atoms with van der Waals surface area (Å²) in [6.45, 7) is 0.312. The molecule has 0 saturated heterocycles. The first-order valence-electron chi connectivity index (χ1n) is 13.1. The Bertz CT molecular complexity index is 1590. The molecule has 5 rings (SSSR count). The second-order valence-corrected chi connectivity index (χ2v) is 9.94. The molecule has 212 valence electrons. The van der Waals surface area contributed by atoms with Crippen molar-refractivity contribution in [3.8, 4) is 6.07 Å². The molecular formula is C26H28ClN11O3.